The van der Waals surface area contributed by atoms with Crippen LogP contribution >= 0.6 is 11.6 Å². The Hall–Kier alpha value is -1.52. The Morgan fingerprint density at radius 2 is 1.83 bits per heavy atom. The molecule has 3 rings (SSSR count). The number of rotatable bonds is 4. The first-order valence-corrected chi connectivity index (χ1v) is 8.38. The van der Waals surface area contributed by atoms with E-state index in [0.717, 1.165) is 29.0 Å². The molecule has 0 unspecified atom stereocenters. The van der Waals surface area contributed by atoms with Gasteiger partial charge in [-0.1, -0.05) is 29.8 Å². The van der Waals surface area contributed by atoms with Gasteiger partial charge >= 0.3 is 6.18 Å². The summed E-state index contributed by atoms with van der Waals surface area (Å²) < 4.78 is 38.5. The number of benzene rings is 2. The van der Waals surface area contributed by atoms with E-state index in [4.69, 9.17) is 11.6 Å². The topological polar surface area (TPSA) is 3.24 Å². The lowest BCUT2D eigenvalue weighted by Gasteiger charge is -2.23. The fraction of sp³-hybridized carbons (Fsp3) is 0.368. The first-order chi connectivity index (χ1) is 11.3. The molecule has 128 valence electrons. The zero-order valence-electron chi connectivity index (χ0n) is 13.4. The number of alkyl halides is 3. The lowest BCUT2D eigenvalue weighted by atomic mass is 10.1. The van der Waals surface area contributed by atoms with Crippen LogP contribution < -0.4 is 0 Å². The first kappa shape index (κ1) is 17.3. The highest BCUT2D eigenvalue weighted by Crippen LogP contribution is 2.34. The van der Waals surface area contributed by atoms with Crippen molar-refractivity contribution < 1.29 is 13.2 Å². The highest BCUT2D eigenvalue weighted by atomic mass is 35.5. The summed E-state index contributed by atoms with van der Waals surface area (Å²) in [4.78, 5) is 2.23. The van der Waals surface area contributed by atoms with Gasteiger partial charge in [0.25, 0.3) is 0 Å². The van der Waals surface area contributed by atoms with E-state index in [-0.39, 0.29) is 0 Å². The van der Waals surface area contributed by atoms with E-state index in [1.54, 1.807) is 6.07 Å². The third kappa shape index (κ3) is 3.93. The molecule has 24 heavy (non-hydrogen) atoms. The van der Waals surface area contributed by atoms with Crippen molar-refractivity contribution >= 4 is 11.6 Å². The van der Waals surface area contributed by atoms with Gasteiger partial charge in [0.2, 0.25) is 0 Å². The van der Waals surface area contributed by atoms with Crippen molar-refractivity contribution in [1.82, 2.24) is 4.90 Å². The molecule has 0 fully saturated rings. The van der Waals surface area contributed by atoms with Crippen LogP contribution in [0.15, 0.2) is 42.5 Å². The van der Waals surface area contributed by atoms with E-state index in [1.165, 1.54) is 17.7 Å². The van der Waals surface area contributed by atoms with Gasteiger partial charge < -0.3 is 0 Å². The number of nitrogens with zero attached hydrogens (tertiary/aromatic N) is 1. The van der Waals surface area contributed by atoms with Crippen molar-refractivity contribution in [2.24, 2.45) is 0 Å². The van der Waals surface area contributed by atoms with Crippen LogP contribution in [0.25, 0.3) is 0 Å². The van der Waals surface area contributed by atoms with E-state index in [9.17, 15) is 13.2 Å². The molecule has 1 aliphatic rings. The molecule has 0 saturated heterocycles. The quantitative estimate of drug-likeness (QED) is 0.682. The summed E-state index contributed by atoms with van der Waals surface area (Å²) in [6.07, 6.45) is -2.43. The molecular weight excluding hydrogens is 335 g/mol. The number of halogens is 4. The van der Waals surface area contributed by atoms with Crippen LogP contribution in [0.4, 0.5) is 13.2 Å². The molecule has 1 heterocycles. The Kier molecular flexibility index (Phi) is 4.88. The number of hydrogen-bond donors (Lipinski definition) is 0. The monoisotopic (exact) mass is 353 g/mol. The van der Waals surface area contributed by atoms with Gasteiger partial charge in [0.1, 0.15) is 0 Å². The van der Waals surface area contributed by atoms with Crippen LogP contribution in [-0.4, -0.2) is 10.9 Å². The van der Waals surface area contributed by atoms with Crippen molar-refractivity contribution in [1.29, 1.82) is 0 Å². The Morgan fingerprint density at radius 1 is 1.08 bits per heavy atom. The average Bonchev–Trinajstić information content (AvgIpc) is 2.95. The summed E-state index contributed by atoms with van der Waals surface area (Å²) in [6, 6.07) is 12.2. The fourth-order valence-corrected chi connectivity index (χ4v) is 3.37. The number of hydrogen-bond acceptors (Lipinski definition) is 1. The smallest absolute Gasteiger partial charge is 0.292 e. The molecule has 0 amide bonds. The molecular formula is C19H19ClF3N. The van der Waals surface area contributed by atoms with Crippen LogP contribution in [0, 0.1) is 0 Å². The van der Waals surface area contributed by atoms with Gasteiger partial charge in [-0.3, -0.25) is 4.90 Å². The van der Waals surface area contributed by atoms with E-state index in [0.29, 0.717) is 19.1 Å². The summed E-state index contributed by atoms with van der Waals surface area (Å²) in [5, 5.41) is 0.730. The molecule has 0 N–H and O–H groups in total. The molecule has 1 aliphatic heterocycles. The molecule has 0 saturated carbocycles. The third-order valence-corrected chi connectivity index (χ3v) is 4.88. The molecule has 0 bridgehead atoms. The minimum Gasteiger partial charge on any atom is -0.292 e. The molecule has 2 aromatic carbocycles. The second-order valence-electron chi connectivity index (χ2n) is 6.40. The van der Waals surface area contributed by atoms with Crippen LogP contribution in [0.3, 0.4) is 0 Å². The second-order valence-corrected chi connectivity index (χ2v) is 6.84. The second kappa shape index (κ2) is 6.77. The van der Waals surface area contributed by atoms with Crippen molar-refractivity contribution in [3.8, 4) is 0 Å². The fourth-order valence-electron chi connectivity index (χ4n) is 3.16. The van der Waals surface area contributed by atoms with Crippen LogP contribution in [-0.2, 0) is 25.7 Å². The zero-order valence-corrected chi connectivity index (χ0v) is 14.2. The van der Waals surface area contributed by atoms with E-state index in [1.807, 2.05) is 24.3 Å². The molecule has 2 aromatic rings. The lowest BCUT2D eigenvalue weighted by Crippen LogP contribution is -2.28. The summed E-state index contributed by atoms with van der Waals surface area (Å²) in [5.74, 6) is 0. The predicted molar refractivity (Wildman–Crippen MR) is 89.9 cm³/mol. The summed E-state index contributed by atoms with van der Waals surface area (Å²) >= 11 is 6.00. The summed E-state index contributed by atoms with van der Waals surface area (Å²) in [6.45, 7) is 3.42. The minimum absolute atomic E-state index is 0.297. The van der Waals surface area contributed by atoms with Gasteiger partial charge in [-0.2, -0.15) is 13.2 Å². The molecule has 5 heteroatoms. The SMILES string of the molecule is C[C@H](CCc1cccc(Cl)c1)N1Cc2ccc(C(F)(F)F)cc2C1. The van der Waals surface area contributed by atoms with Crippen molar-refractivity contribution in [2.45, 2.75) is 45.1 Å². The van der Waals surface area contributed by atoms with E-state index < -0.39 is 11.7 Å². The molecule has 0 radical (unpaired) electrons. The van der Waals surface area contributed by atoms with Gasteiger partial charge in [-0.15, -0.1) is 0 Å². The molecule has 0 spiro atoms. The largest absolute Gasteiger partial charge is 0.416 e. The number of aryl methyl sites for hydroxylation is 1. The van der Waals surface area contributed by atoms with Gasteiger partial charge in [0.05, 0.1) is 5.56 Å². The summed E-state index contributed by atoms with van der Waals surface area (Å²) in [5.41, 5.74) is 2.41. The maximum atomic E-state index is 12.8. The highest BCUT2D eigenvalue weighted by molar-refractivity contribution is 6.30. The van der Waals surface area contributed by atoms with Crippen molar-refractivity contribution in [3.63, 3.8) is 0 Å². The normalized spacial score (nSPS) is 16.2. The molecule has 0 aliphatic carbocycles. The number of fused-ring (bicyclic) bond motifs is 1. The Labute approximate surface area is 145 Å². The van der Waals surface area contributed by atoms with Crippen LogP contribution in [0.1, 0.15) is 35.6 Å². The Morgan fingerprint density at radius 3 is 2.54 bits per heavy atom. The van der Waals surface area contributed by atoms with Crippen molar-refractivity contribution in [2.75, 3.05) is 0 Å². The van der Waals surface area contributed by atoms with Gasteiger partial charge in [0.15, 0.2) is 0 Å². The Balaban J connectivity index is 1.62. The molecule has 1 atom stereocenters. The first-order valence-electron chi connectivity index (χ1n) is 8.00. The van der Waals surface area contributed by atoms with Crippen LogP contribution in [0.5, 0.6) is 0 Å². The van der Waals surface area contributed by atoms with Gasteiger partial charge in [-0.05, 0) is 60.7 Å². The van der Waals surface area contributed by atoms with Crippen LogP contribution in [0.2, 0.25) is 5.02 Å². The van der Waals surface area contributed by atoms with E-state index >= 15 is 0 Å². The van der Waals surface area contributed by atoms with E-state index in [2.05, 4.69) is 11.8 Å². The highest BCUT2D eigenvalue weighted by Gasteiger charge is 2.32. The predicted octanol–water partition coefficient (Wildman–Crippen LogP) is 5.70. The van der Waals surface area contributed by atoms with Crippen molar-refractivity contribution in [3.05, 3.63) is 69.7 Å². The molecule has 1 nitrogen and oxygen atoms in total. The molecule has 0 aromatic heterocycles. The maximum absolute atomic E-state index is 12.8. The van der Waals surface area contributed by atoms with Gasteiger partial charge in [-0.25, -0.2) is 0 Å². The standard InChI is InChI=1S/C19H19ClF3N/c1-13(5-6-14-3-2-4-18(20)9-14)24-11-15-7-8-17(19(21,22)23)10-16(15)12-24/h2-4,7-10,13H,5-6,11-12H2,1H3/t13-/m1/s1. The third-order valence-electron chi connectivity index (χ3n) is 4.64. The summed E-state index contributed by atoms with van der Waals surface area (Å²) in [7, 11) is 0. The van der Waals surface area contributed by atoms with Gasteiger partial charge in [0, 0.05) is 24.2 Å². The average molecular weight is 354 g/mol. The zero-order chi connectivity index (χ0) is 17.3. The maximum Gasteiger partial charge on any atom is 0.416 e. The Bertz CT molecular complexity index is 727. The lowest BCUT2D eigenvalue weighted by molar-refractivity contribution is -0.137. The minimum atomic E-state index is -4.28.